The topological polar surface area (TPSA) is 24.5 Å². The molecule has 1 saturated heterocycles. The second-order valence-electron chi connectivity index (χ2n) is 6.21. The number of piperidine rings is 1. The molecule has 3 nitrogen and oxygen atoms in total. The highest BCUT2D eigenvalue weighted by Crippen LogP contribution is 2.26. The Hall–Kier alpha value is -0.120. The summed E-state index contributed by atoms with van der Waals surface area (Å²) in [5.41, 5.74) is 0. The lowest BCUT2D eigenvalue weighted by Gasteiger charge is -2.41. The number of rotatable bonds is 9. The van der Waals surface area contributed by atoms with Crippen molar-refractivity contribution in [2.45, 2.75) is 53.0 Å². The first-order chi connectivity index (χ1) is 9.15. The van der Waals surface area contributed by atoms with Gasteiger partial charge in [0.1, 0.15) is 0 Å². The van der Waals surface area contributed by atoms with Gasteiger partial charge in [-0.05, 0) is 51.5 Å². The van der Waals surface area contributed by atoms with Gasteiger partial charge in [-0.15, -0.1) is 0 Å². The van der Waals surface area contributed by atoms with Crippen LogP contribution >= 0.6 is 0 Å². The van der Waals surface area contributed by atoms with E-state index in [4.69, 9.17) is 4.74 Å². The van der Waals surface area contributed by atoms with E-state index in [2.05, 4.69) is 37.9 Å². The van der Waals surface area contributed by atoms with Crippen molar-refractivity contribution in [2.24, 2.45) is 11.8 Å². The average Bonchev–Trinajstić information content (AvgIpc) is 2.38. The average molecular weight is 270 g/mol. The number of unbranched alkanes of at least 4 members (excludes halogenated alkanes) is 1. The molecule has 1 rings (SSSR count). The molecule has 1 N–H and O–H groups in total. The molecule has 3 atom stereocenters. The molecule has 0 radical (unpaired) electrons. The van der Waals surface area contributed by atoms with Gasteiger partial charge in [-0.2, -0.15) is 0 Å². The SMILES string of the molecule is CCOCCCCNCCN1CC(C)CC(C)C1C. The van der Waals surface area contributed by atoms with Gasteiger partial charge in [-0.1, -0.05) is 13.8 Å². The smallest absolute Gasteiger partial charge is 0.0466 e. The summed E-state index contributed by atoms with van der Waals surface area (Å²) in [7, 11) is 0. The van der Waals surface area contributed by atoms with Gasteiger partial charge in [0.05, 0.1) is 0 Å². The zero-order valence-corrected chi connectivity index (χ0v) is 13.5. The largest absolute Gasteiger partial charge is 0.382 e. The second-order valence-corrected chi connectivity index (χ2v) is 6.21. The molecule has 1 aliphatic heterocycles. The Bertz CT molecular complexity index is 223. The van der Waals surface area contributed by atoms with Gasteiger partial charge in [0.2, 0.25) is 0 Å². The predicted octanol–water partition coefficient (Wildman–Crippen LogP) is 2.76. The van der Waals surface area contributed by atoms with Gasteiger partial charge in [-0.25, -0.2) is 0 Å². The molecule has 0 aromatic carbocycles. The molecule has 0 aromatic rings. The quantitative estimate of drug-likeness (QED) is 0.652. The highest BCUT2D eigenvalue weighted by molar-refractivity contribution is 4.82. The van der Waals surface area contributed by atoms with Crippen LogP contribution in [0.5, 0.6) is 0 Å². The van der Waals surface area contributed by atoms with E-state index < -0.39 is 0 Å². The first-order valence-electron chi connectivity index (χ1n) is 8.17. The third-order valence-corrected chi connectivity index (χ3v) is 4.39. The summed E-state index contributed by atoms with van der Waals surface area (Å²) in [4.78, 5) is 2.66. The van der Waals surface area contributed by atoms with Crippen molar-refractivity contribution >= 4 is 0 Å². The molecular formula is C16H34N2O. The van der Waals surface area contributed by atoms with Crippen LogP contribution in [0.3, 0.4) is 0 Å². The number of nitrogens with one attached hydrogen (secondary N) is 1. The van der Waals surface area contributed by atoms with E-state index in [1.807, 2.05) is 0 Å². The number of hydrogen-bond acceptors (Lipinski definition) is 3. The van der Waals surface area contributed by atoms with Gasteiger partial charge in [-0.3, -0.25) is 4.90 Å². The molecule has 3 unspecified atom stereocenters. The van der Waals surface area contributed by atoms with E-state index in [1.165, 1.54) is 32.4 Å². The van der Waals surface area contributed by atoms with Crippen LogP contribution in [0.1, 0.15) is 47.0 Å². The highest BCUT2D eigenvalue weighted by Gasteiger charge is 2.27. The van der Waals surface area contributed by atoms with Crippen molar-refractivity contribution in [3.63, 3.8) is 0 Å². The van der Waals surface area contributed by atoms with Crippen molar-refractivity contribution in [2.75, 3.05) is 39.4 Å². The summed E-state index contributed by atoms with van der Waals surface area (Å²) >= 11 is 0. The highest BCUT2D eigenvalue weighted by atomic mass is 16.5. The van der Waals surface area contributed by atoms with Crippen LogP contribution < -0.4 is 5.32 Å². The molecule has 1 heterocycles. The van der Waals surface area contributed by atoms with Crippen LogP contribution in [0.2, 0.25) is 0 Å². The van der Waals surface area contributed by atoms with Crippen LogP contribution in [0.15, 0.2) is 0 Å². The predicted molar refractivity (Wildman–Crippen MR) is 82.6 cm³/mol. The molecule has 114 valence electrons. The Labute approximate surface area is 120 Å². The molecule has 0 amide bonds. The third-order valence-electron chi connectivity index (χ3n) is 4.39. The normalized spacial score (nSPS) is 28.7. The molecule has 0 bridgehead atoms. The van der Waals surface area contributed by atoms with Gasteiger partial charge in [0.15, 0.2) is 0 Å². The summed E-state index contributed by atoms with van der Waals surface area (Å²) in [6, 6.07) is 0.746. The Kier molecular flexibility index (Phi) is 8.67. The maximum absolute atomic E-state index is 5.34. The zero-order chi connectivity index (χ0) is 14.1. The van der Waals surface area contributed by atoms with Gasteiger partial charge >= 0.3 is 0 Å². The maximum Gasteiger partial charge on any atom is 0.0466 e. The minimum absolute atomic E-state index is 0.746. The fourth-order valence-corrected chi connectivity index (χ4v) is 3.07. The summed E-state index contributed by atoms with van der Waals surface area (Å²) in [5.74, 6) is 1.70. The van der Waals surface area contributed by atoms with Crippen LogP contribution in [0.4, 0.5) is 0 Å². The van der Waals surface area contributed by atoms with E-state index in [1.54, 1.807) is 0 Å². The molecule has 19 heavy (non-hydrogen) atoms. The standard InChI is InChI=1S/C16H34N2O/c1-5-19-11-7-6-8-17-9-10-18-13-14(2)12-15(3)16(18)4/h14-17H,5-13H2,1-4H3. The van der Waals surface area contributed by atoms with Crippen LogP contribution in [0, 0.1) is 11.8 Å². The monoisotopic (exact) mass is 270 g/mol. The lowest BCUT2D eigenvalue weighted by Crippen LogP contribution is -2.48. The molecule has 0 saturated carbocycles. The minimum Gasteiger partial charge on any atom is -0.382 e. The fraction of sp³-hybridized carbons (Fsp3) is 1.00. The van der Waals surface area contributed by atoms with Crippen LogP contribution in [-0.2, 0) is 4.74 Å². The summed E-state index contributed by atoms with van der Waals surface area (Å²) in [5, 5.41) is 3.56. The van der Waals surface area contributed by atoms with E-state index >= 15 is 0 Å². The minimum atomic E-state index is 0.746. The van der Waals surface area contributed by atoms with Crippen molar-refractivity contribution in [1.82, 2.24) is 10.2 Å². The Balaban J connectivity index is 2.02. The third kappa shape index (κ3) is 6.73. The second kappa shape index (κ2) is 9.73. The lowest BCUT2D eigenvalue weighted by atomic mass is 9.86. The van der Waals surface area contributed by atoms with Crippen molar-refractivity contribution < 1.29 is 4.74 Å². The fourth-order valence-electron chi connectivity index (χ4n) is 3.07. The Morgan fingerprint density at radius 3 is 2.68 bits per heavy atom. The first-order valence-corrected chi connectivity index (χ1v) is 8.17. The van der Waals surface area contributed by atoms with Crippen molar-refractivity contribution in [3.05, 3.63) is 0 Å². The number of ether oxygens (including phenoxy) is 1. The Morgan fingerprint density at radius 1 is 1.16 bits per heavy atom. The summed E-state index contributed by atoms with van der Waals surface area (Å²) in [6.45, 7) is 15.7. The molecule has 3 heteroatoms. The van der Waals surface area contributed by atoms with Gasteiger partial charge in [0.25, 0.3) is 0 Å². The van der Waals surface area contributed by atoms with E-state index in [9.17, 15) is 0 Å². The molecule has 0 aliphatic carbocycles. The molecular weight excluding hydrogens is 236 g/mol. The zero-order valence-electron chi connectivity index (χ0n) is 13.5. The Morgan fingerprint density at radius 2 is 1.95 bits per heavy atom. The maximum atomic E-state index is 5.34. The van der Waals surface area contributed by atoms with Crippen molar-refractivity contribution in [1.29, 1.82) is 0 Å². The molecule has 1 fully saturated rings. The summed E-state index contributed by atoms with van der Waals surface area (Å²) in [6.07, 6.45) is 3.79. The number of hydrogen-bond donors (Lipinski definition) is 1. The number of nitrogens with zero attached hydrogens (tertiary/aromatic N) is 1. The van der Waals surface area contributed by atoms with E-state index in [0.29, 0.717) is 0 Å². The van der Waals surface area contributed by atoms with E-state index in [-0.39, 0.29) is 0 Å². The van der Waals surface area contributed by atoms with E-state index in [0.717, 1.165) is 44.2 Å². The van der Waals surface area contributed by atoms with Crippen LogP contribution in [-0.4, -0.2) is 50.3 Å². The first kappa shape index (κ1) is 16.9. The molecule has 0 spiro atoms. The number of likely N-dealkylation sites (tertiary alicyclic amines) is 1. The van der Waals surface area contributed by atoms with Gasteiger partial charge < -0.3 is 10.1 Å². The van der Waals surface area contributed by atoms with Crippen LogP contribution in [0.25, 0.3) is 0 Å². The molecule has 1 aliphatic rings. The van der Waals surface area contributed by atoms with Crippen molar-refractivity contribution in [3.8, 4) is 0 Å². The summed E-state index contributed by atoms with van der Waals surface area (Å²) < 4.78 is 5.34. The van der Waals surface area contributed by atoms with Gasteiger partial charge in [0, 0.05) is 38.9 Å². The molecule has 0 aromatic heterocycles. The lowest BCUT2D eigenvalue weighted by molar-refractivity contribution is 0.0807.